The number of nitrogens with one attached hydrogen (secondary N) is 3. The number of benzene rings is 1. The van der Waals surface area contributed by atoms with Crippen LogP contribution in [0, 0.1) is 0 Å². The molecule has 1 aromatic carbocycles. The molecule has 0 aromatic heterocycles. The van der Waals surface area contributed by atoms with E-state index in [0.717, 1.165) is 0 Å². The summed E-state index contributed by atoms with van der Waals surface area (Å²) in [5, 5.41) is 8.59. The second-order valence-electron chi connectivity index (χ2n) is 9.82. The Morgan fingerprint density at radius 2 is 0.643 bits per heavy atom. The van der Waals surface area contributed by atoms with Gasteiger partial charge in [0.05, 0.1) is 0 Å². The molecule has 0 radical (unpaired) electrons. The Bertz CT molecular complexity index is 776. The maximum atomic E-state index is 13.1. The van der Waals surface area contributed by atoms with E-state index in [1.165, 1.54) is 18.2 Å². The molecule has 0 aliphatic rings. The lowest BCUT2D eigenvalue weighted by Crippen LogP contribution is -2.40. The molecule has 0 spiro atoms. The van der Waals surface area contributed by atoms with Crippen LogP contribution in [0.4, 0.5) is 0 Å². The van der Waals surface area contributed by atoms with Gasteiger partial charge < -0.3 is 50.4 Å². The van der Waals surface area contributed by atoms with Crippen molar-refractivity contribution in [2.75, 3.05) is 118 Å². The van der Waals surface area contributed by atoms with Gasteiger partial charge in [0.1, 0.15) is 0 Å². The average molecular weight is 595 g/mol. The number of nitrogens with zero attached hydrogens (tertiary/aromatic N) is 3. The van der Waals surface area contributed by atoms with Gasteiger partial charge in [-0.05, 0) is 18.2 Å². The first-order valence-electron chi connectivity index (χ1n) is 14.7. The summed E-state index contributed by atoms with van der Waals surface area (Å²) < 4.78 is 0. The fourth-order valence-electron chi connectivity index (χ4n) is 4.41. The molecule has 0 unspecified atom stereocenters. The van der Waals surface area contributed by atoms with E-state index in [4.69, 9.17) is 34.4 Å². The molecule has 0 bridgehead atoms. The lowest BCUT2D eigenvalue weighted by molar-refractivity contribution is 0.0948. The molecule has 240 valence electrons. The second-order valence-corrected chi connectivity index (χ2v) is 9.82. The van der Waals surface area contributed by atoms with Gasteiger partial charge in [-0.15, -0.1) is 0 Å². The van der Waals surface area contributed by atoms with Crippen LogP contribution >= 0.6 is 0 Å². The van der Waals surface area contributed by atoms with Crippen molar-refractivity contribution >= 4 is 17.7 Å². The largest absolute Gasteiger partial charge is 0.351 e. The van der Waals surface area contributed by atoms with E-state index in [1.807, 2.05) is 0 Å². The summed E-state index contributed by atoms with van der Waals surface area (Å²) in [6.07, 6.45) is 0. The maximum Gasteiger partial charge on any atom is 0.251 e. The summed E-state index contributed by atoms with van der Waals surface area (Å²) in [4.78, 5) is 45.4. The van der Waals surface area contributed by atoms with Crippen LogP contribution < -0.4 is 50.4 Å². The van der Waals surface area contributed by atoms with Gasteiger partial charge in [0.25, 0.3) is 17.7 Å². The molecule has 1 aromatic rings. The zero-order chi connectivity index (χ0) is 31.2. The molecule has 0 fully saturated rings. The van der Waals surface area contributed by atoms with Crippen LogP contribution in [0.1, 0.15) is 31.1 Å². The first kappa shape index (κ1) is 37.3. The lowest BCUT2D eigenvalue weighted by Gasteiger charge is -2.21. The molecule has 0 atom stereocenters. The molecular weight excluding hydrogens is 540 g/mol. The highest BCUT2D eigenvalue weighted by Crippen LogP contribution is 2.12. The van der Waals surface area contributed by atoms with Crippen molar-refractivity contribution in [1.29, 1.82) is 0 Å². The Kier molecular flexibility index (Phi) is 20.3. The Morgan fingerprint density at radius 3 is 0.833 bits per heavy atom. The number of carbonyl (C=O) groups is 3. The number of carbonyl (C=O) groups excluding carboxylic acids is 3. The van der Waals surface area contributed by atoms with Crippen molar-refractivity contribution in [2.24, 2.45) is 34.4 Å². The van der Waals surface area contributed by atoms with Crippen LogP contribution in [0.2, 0.25) is 0 Å². The summed E-state index contributed by atoms with van der Waals surface area (Å²) in [5.74, 6) is -1.19. The van der Waals surface area contributed by atoms with Crippen molar-refractivity contribution in [2.45, 2.75) is 0 Å². The third kappa shape index (κ3) is 14.9. The zero-order valence-electron chi connectivity index (χ0n) is 25.0. The smallest absolute Gasteiger partial charge is 0.251 e. The second kappa shape index (κ2) is 22.8. The van der Waals surface area contributed by atoms with Crippen molar-refractivity contribution < 1.29 is 14.4 Å². The van der Waals surface area contributed by atoms with Gasteiger partial charge in [-0.2, -0.15) is 0 Å². The van der Waals surface area contributed by atoms with E-state index in [0.29, 0.717) is 118 Å². The number of hydrogen-bond acceptors (Lipinski definition) is 12. The zero-order valence-corrected chi connectivity index (χ0v) is 25.0. The monoisotopic (exact) mass is 594 g/mol. The minimum Gasteiger partial charge on any atom is -0.351 e. The normalized spacial score (nSPS) is 11.4. The first-order valence-corrected chi connectivity index (χ1v) is 14.7. The van der Waals surface area contributed by atoms with Crippen molar-refractivity contribution in [3.63, 3.8) is 0 Å². The predicted molar refractivity (Wildman–Crippen MR) is 167 cm³/mol. The lowest BCUT2D eigenvalue weighted by atomic mass is 10.0. The standard InChI is InChI=1S/C27H54N12O3/c28-1-10-37(11-2-29)16-7-34-25(40)22-19-23(26(41)35-8-17-38(12-3-30)13-4-31)21-24(20-22)27(42)36-9-18-39(14-5-32)15-6-33/h19-21H,1-18,28-33H2,(H,34,40)(H,35,41)(H,36,42). The van der Waals surface area contributed by atoms with Crippen LogP contribution in [0.15, 0.2) is 18.2 Å². The Hall–Kier alpha value is -2.73. The SMILES string of the molecule is NCCN(CCN)CCNC(=O)c1cc(C(=O)NCCN(CCN)CCN)cc(C(=O)NCCN(CCN)CCN)c1. The molecule has 15 heteroatoms. The van der Waals surface area contributed by atoms with Gasteiger partial charge in [0.2, 0.25) is 0 Å². The third-order valence-electron chi connectivity index (χ3n) is 6.53. The maximum absolute atomic E-state index is 13.1. The highest BCUT2D eigenvalue weighted by atomic mass is 16.2. The Labute approximate surface area is 250 Å². The number of amides is 3. The van der Waals surface area contributed by atoms with Gasteiger partial charge in [-0.1, -0.05) is 0 Å². The third-order valence-corrected chi connectivity index (χ3v) is 6.53. The van der Waals surface area contributed by atoms with Crippen LogP contribution in [-0.4, -0.2) is 150 Å². The van der Waals surface area contributed by atoms with E-state index in [1.54, 1.807) is 0 Å². The van der Waals surface area contributed by atoms with Crippen LogP contribution in [0.3, 0.4) is 0 Å². The van der Waals surface area contributed by atoms with Gasteiger partial charge in [0.15, 0.2) is 0 Å². The molecular formula is C27H54N12O3. The number of rotatable bonds is 24. The Morgan fingerprint density at radius 1 is 0.429 bits per heavy atom. The summed E-state index contributed by atoms with van der Waals surface area (Å²) >= 11 is 0. The predicted octanol–water partition coefficient (Wildman–Crippen LogP) is -4.47. The van der Waals surface area contributed by atoms with Gasteiger partial charge in [-0.3, -0.25) is 29.1 Å². The summed E-state index contributed by atoms with van der Waals surface area (Å²) in [5.41, 5.74) is 34.6. The fourth-order valence-corrected chi connectivity index (χ4v) is 4.41. The highest BCUT2D eigenvalue weighted by Gasteiger charge is 2.17. The van der Waals surface area contributed by atoms with Crippen LogP contribution in [0.5, 0.6) is 0 Å². The quantitative estimate of drug-likeness (QED) is 0.0549. The fraction of sp³-hybridized carbons (Fsp3) is 0.667. The molecule has 0 heterocycles. The average Bonchev–Trinajstić information content (AvgIpc) is 2.97. The Balaban J connectivity index is 3.02. The minimum atomic E-state index is -0.395. The van der Waals surface area contributed by atoms with Crippen molar-refractivity contribution in [3.8, 4) is 0 Å². The minimum absolute atomic E-state index is 0.206. The summed E-state index contributed by atoms with van der Waals surface area (Å²) in [7, 11) is 0. The van der Waals surface area contributed by atoms with Crippen molar-refractivity contribution in [3.05, 3.63) is 34.9 Å². The van der Waals surface area contributed by atoms with E-state index in [2.05, 4.69) is 30.7 Å². The molecule has 0 saturated heterocycles. The molecule has 0 saturated carbocycles. The van der Waals surface area contributed by atoms with Crippen LogP contribution in [-0.2, 0) is 0 Å². The topological polar surface area (TPSA) is 253 Å². The van der Waals surface area contributed by atoms with Gasteiger partial charge in [0, 0.05) is 134 Å². The summed E-state index contributed by atoms with van der Waals surface area (Å²) in [6.45, 7) is 9.63. The highest BCUT2D eigenvalue weighted by molar-refractivity contribution is 6.04. The molecule has 42 heavy (non-hydrogen) atoms. The molecule has 1 rings (SSSR count). The van der Waals surface area contributed by atoms with Crippen LogP contribution in [0.25, 0.3) is 0 Å². The van der Waals surface area contributed by atoms with E-state index >= 15 is 0 Å². The molecule has 0 aliphatic heterocycles. The van der Waals surface area contributed by atoms with Gasteiger partial charge in [-0.25, -0.2) is 0 Å². The molecule has 3 amide bonds. The van der Waals surface area contributed by atoms with Crippen molar-refractivity contribution in [1.82, 2.24) is 30.7 Å². The van der Waals surface area contributed by atoms with Gasteiger partial charge >= 0.3 is 0 Å². The summed E-state index contributed by atoms with van der Waals surface area (Å²) in [6, 6.07) is 4.46. The van der Waals surface area contributed by atoms with E-state index in [9.17, 15) is 14.4 Å². The number of hydrogen-bond donors (Lipinski definition) is 9. The van der Waals surface area contributed by atoms with E-state index in [-0.39, 0.29) is 16.7 Å². The van der Waals surface area contributed by atoms with E-state index < -0.39 is 17.7 Å². The molecule has 0 aliphatic carbocycles. The number of nitrogens with two attached hydrogens (primary N) is 6. The first-order chi connectivity index (χ1) is 20.3. The molecule has 15 nitrogen and oxygen atoms in total. The molecule has 15 N–H and O–H groups in total.